The fraction of sp³-hybridized carbons (Fsp3) is 0.190. The Morgan fingerprint density at radius 2 is 1.67 bits per heavy atom. The lowest BCUT2D eigenvalue weighted by Crippen LogP contribution is -2.26. The van der Waals surface area contributed by atoms with Crippen LogP contribution in [0.25, 0.3) is 0 Å². The topological polar surface area (TPSA) is 76.4 Å². The van der Waals surface area contributed by atoms with Crippen molar-refractivity contribution in [1.82, 2.24) is 5.32 Å². The number of carbonyl (C=O) groups is 1. The molecule has 0 fully saturated rings. The summed E-state index contributed by atoms with van der Waals surface area (Å²) in [4.78, 5) is 12.6. The van der Waals surface area contributed by atoms with E-state index in [2.05, 4.69) is 5.32 Å². The molecule has 1 N–H and O–H groups in total. The summed E-state index contributed by atoms with van der Waals surface area (Å²) in [5, 5.41) is 2.85. The van der Waals surface area contributed by atoms with Gasteiger partial charge in [-0.05, 0) is 43.2 Å². The van der Waals surface area contributed by atoms with E-state index in [4.69, 9.17) is 4.42 Å². The molecule has 140 valence electrons. The van der Waals surface area contributed by atoms with Gasteiger partial charge < -0.3 is 9.73 Å². The van der Waals surface area contributed by atoms with Crippen molar-refractivity contribution in [3.8, 4) is 0 Å². The Hall–Kier alpha value is -2.86. The van der Waals surface area contributed by atoms with Crippen LogP contribution in [0.5, 0.6) is 0 Å². The Morgan fingerprint density at radius 1 is 1.00 bits per heavy atom. The molecule has 2 aromatic carbocycles. The van der Waals surface area contributed by atoms with Gasteiger partial charge in [-0.1, -0.05) is 48.5 Å². The van der Waals surface area contributed by atoms with Gasteiger partial charge in [0.05, 0.1) is 10.9 Å². The highest BCUT2D eigenvalue weighted by molar-refractivity contribution is 7.90. The van der Waals surface area contributed by atoms with Crippen LogP contribution >= 0.6 is 0 Å². The number of rotatable bonds is 6. The summed E-state index contributed by atoms with van der Waals surface area (Å²) in [6, 6.07) is 19.2. The van der Waals surface area contributed by atoms with Crippen LogP contribution in [0.2, 0.25) is 0 Å². The van der Waals surface area contributed by atoms with E-state index in [9.17, 15) is 13.2 Å². The van der Waals surface area contributed by atoms with E-state index in [-0.39, 0.29) is 34.1 Å². The molecule has 3 aromatic rings. The van der Waals surface area contributed by atoms with Gasteiger partial charge in [-0.15, -0.1) is 0 Å². The molecule has 0 saturated carbocycles. The van der Waals surface area contributed by atoms with Gasteiger partial charge >= 0.3 is 0 Å². The average Bonchev–Trinajstić information content (AvgIpc) is 3.10. The molecule has 0 spiro atoms. The zero-order chi connectivity index (χ0) is 19.4. The first-order chi connectivity index (χ1) is 12.9. The number of sulfone groups is 1. The quantitative estimate of drug-likeness (QED) is 0.697. The molecule has 0 aliphatic carbocycles. The van der Waals surface area contributed by atoms with Crippen LogP contribution in [0.3, 0.4) is 0 Å². The van der Waals surface area contributed by atoms with Gasteiger partial charge in [0.1, 0.15) is 11.5 Å². The van der Waals surface area contributed by atoms with Crippen molar-refractivity contribution in [2.24, 2.45) is 0 Å². The summed E-state index contributed by atoms with van der Waals surface area (Å²) in [7, 11) is -3.55. The summed E-state index contributed by atoms with van der Waals surface area (Å²) >= 11 is 0. The second kappa shape index (κ2) is 7.80. The first-order valence-corrected chi connectivity index (χ1v) is 10.2. The lowest BCUT2D eigenvalue weighted by atomic mass is 10.1. The first kappa shape index (κ1) is 18.9. The number of benzene rings is 2. The molecule has 1 heterocycles. The third-order valence-electron chi connectivity index (χ3n) is 4.29. The molecule has 3 rings (SSSR count). The molecule has 0 aliphatic heterocycles. The fourth-order valence-electron chi connectivity index (χ4n) is 2.84. The molecule has 1 amide bonds. The molecule has 27 heavy (non-hydrogen) atoms. The van der Waals surface area contributed by atoms with Crippen LogP contribution in [0, 0.1) is 6.92 Å². The van der Waals surface area contributed by atoms with Gasteiger partial charge in [0.25, 0.3) is 5.91 Å². The predicted octanol–water partition coefficient (Wildman–Crippen LogP) is 4.05. The van der Waals surface area contributed by atoms with Crippen molar-refractivity contribution >= 4 is 15.7 Å². The number of hydrogen-bond donors (Lipinski definition) is 1. The standard InChI is InChI=1S/C21H21NO4S/c1-15-8-6-7-11-20(15)27(24,25)14-18-12-13-19(26-18)21(23)22-16(2)17-9-4-3-5-10-17/h3-13,16H,14H2,1-2H3,(H,22,23)/t16-/m1/s1. The lowest BCUT2D eigenvalue weighted by molar-refractivity contribution is 0.0910. The number of carbonyl (C=O) groups excluding carboxylic acids is 1. The summed E-state index contributed by atoms with van der Waals surface area (Å²) in [5.41, 5.74) is 1.65. The van der Waals surface area contributed by atoms with Crippen LogP contribution in [0.1, 0.15) is 40.4 Å². The van der Waals surface area contributed by atoms with Gasteiger partial charge in [0.15, 0.2) is 15.6 Å². The van der Waals surface area contributed by atoms with E-state index in [1.54, 1.807) is 31.2 Å². The Balaban J connectivity index is 1.71. The molecule has 0 saturated heterocycles. The minimum atomic E-state index is -3.55. The highest BCUT2D eigenvalue weighted by Gasteiger charge is 2.21. The molecule has 5 nitrogen and oxygen atoms in total. The van der Waals surface area contributed by atoms with E-state index in [0.29, 0.717) is 5.56 Å². The third-order valence-corrected chi connectivity index (χ3v) is 6.09. The van der Waals surface area contributed by atoms with Crippen molar-refractivity contribution in [3.05, 3.63) is 89.4 Å². The number of nitrogens with one attached hydrogen (secondary N) is 1. The number of amides is 1. The Bertz CT molecular complexity index is 1040. The molecule has 0 unspecified atom stereocenters. The van der Waals surface area contributed by atoms with Gasteiger partial charge in [-0.25, -0.2) is 8.42 Å². The van der Waals surface area contributed by atoms with Crippen LogP contribution in [-0.4, -0.2) is 14.3 Å². The Morgan fingerprint density at radius 3 is 2.37 bits per heavy atom. The number of hydrogen-bond acceptors (Lipinski definition) is 4. The van der Waals surface area contributed by atoms with Crippen molar-refractivity contribution in [3.63, 3.8) is 0 Å². The van der Waals surface area contributed by atoms with E-state index in [1.165, 1.54) is 12.1 Å². The van der Waals surface area contributed by atoms with Gasteiger partial charge in [-0.2, -0.15) is 0 Å². The summed E-state index contributed by atoms with van der Waals surface area (Å²) in [5.74, 6) is -0.353. The SMILES string of the molecule is Cc1ccccc1S(=O)(=O)Cc1ccc(C(=O)N[C@H](C)c2ccccc2)o1. The summed E-state index contributed by atoms with van der Waals surface area (Å²) in [6.07, 6.45) is 0. The monoisotopic (exact) mass is 383 g/mol. The van der Waals surface area contributed by atoms with Crippen LogP contribution in [0.15, 0.2) is 76.0 Å². The van der Waals surface area contributed by atoms with Crippen molar-refractivity contribution in [2.75, 3.05) is 0 Å². The van der Waals surface area contributed by atoms with Crippen LogP contribution in [0.4, 0.5) is 0 Å². The Labute approximate surface area is 159 Å². The van der Waals surface area contributed by atoms with Crippen LogP contribution < -0.4 is 5.32 Å². The minimum Gasteiger partial charge on any atom is -0.455 e. The average molecular weight is 383 g/mol. The van der Waals surface area contributed by atoms with E-state index in [1.807, 2.05) is 37.3 Å². The summed E-state index contributed by atoms with van der Waals surface area (Å²) in [6.45, 7) is 3.62. The predicted molar refractivity (Wildman–Crippen MR) is 103 cm³/mol. The highest BCUT2D eigenvalue weighted by atomic mass is 32.2. The van der Waals surface area contributed by atoms with E-state index < -0.39 is 9.84 Å². The summed E-state index contributed by atoms with van der Waals surface area (Å²) < 4.78 is 30.7. The maximum absolute atomic E-state index is 12.6. The van der Waals surface area contributed by atoms with Gasteiger partial charge in [-0.3, -0.25) is 4.79 Å². The largest absolute Gasteiger partial charge is 0.455 e. The van der Waals surface area contributed by atoms with Crippen LogP contribution in [-0.2, 0) is 15.6 Å². The highest BCUT2D eigenvalue weighted by Crippen LogP contribution is 2.21. The third kappa shape index (κ3) is 4.46. The van der Waals surface area contributed by atoms with Crippen molar-refractivity contribution in [2.45, 2.75) is 30.5 Å². The molecule has 6 heteroatoms. The van der Waals surface area contributed by atoms with Crippen molar-refractivity contribution in [1.29, 1.82) is 0 Å². The van der Waals surface area contributed by atoms with Gasteiger partial charge in [0.2, 0.25) is 0 Å². The smallest absolute Gasteiger partial charge is 0.287 e. The minimum absolute atomic E-state index is 0.0905. The molecular weight excluding hydrogens is 362 g/mol. The lowest BCUT2D eigenvalue weighted by Gasteiger charge is -2.13. The van der Waals surface area contributed by atoms with E-state index >= 15 is 0 Å². The first-order valence-electron chi connectivity index (χ1n) is 8.60. The van der Waals surface area contributed by atoms with E-state index in [0.717, 1.165) is 5.56 Å². The van der Waals surface area contributed by atoms with Gasteiger partial charge in [0, 0.05) is 0 Å². The number of furan rings is 1. The fourth-order valence-corrected chi connectivity index (χ4v) is 4.37. The molecular formula is C21H21NO4S. The Kier molecular flexibility index (Phi) is 5.46. The maximum Gasteiger partial charge on any atom is 0.287 e. The molecule has 0 aliphatic rings. The second-order valence-corrected chi connectivity index (χ2v) is 8.35. The molecule has 0 radical (unpaired) electrons. The molecule has 1 aromatic heterocycles. The maximum atomic E-state index is 12.6. The number of aryl methyl sites for hydroxylation is 1. The molecule has 0 bridgehead atoms. The normalized spacial score (nSPS) is 12.5. The second-order valence-electron chi connectivity index (χ2n) is 6.40. The zero-order valence-corrected chi connectivity index (χ0v) is 16.0. The van der Waals surface area contributed by atoms with Crippen molar-refractivity contribution < 1.29 is 17.6 Å². The zero-order valence-electron chi connectivity index (χ0n) is 15.2. The molecule has 1 atom stereocenters.